The van der Waals surface area contributed by atoms with E-state index in [0.29, 0.717) is 0 Å². The van der Waals surface area contributed by atoms with Crippen LogP contribution in [-0.2, 0) is 0 Å². The first-order valence-corrected chi connectivity index (χ1v) is 9.09. The topological polar surface area (TPSA) is 99.6 Å². The average molecular weight is 418 g/mol. The summed E-state index contributed by atoms with van der Waals surface area (Å²) in [4.78, 5) is 35.6. The van der Waals surface area contributed by atoms with Gasteiger partial charge in [-0.1, -0.05) is 47.6 Å². The zero-order valence-electron chi connectivity index (χ0n) is 14.4. The fourth-order valence-corrected chi connectivity index (χ4v) is 3.48. The Labute approximate surface area is 168 Å². The van der Waals surface area contributed by atoms with Gasteiger partial charge in [0.1, 0.15) is 10.7 Å². The Hall–Kier alpha value is -3.10. The van der Waals surface area contributed by atoms with E-state index in [1.54, 1.807) is 18.2 Å². The molecule has 0 aliphatic rings. The number of rotatable bonds is 5. The van der Waals surface area contributed by atoms with Crippen LogP contribution in [0, 0.1) is 17.0 Å². The van der Waals surface area contributed by atoms with E-state index in [-0.39, 0.29) is 37.6 Å². The number of benzene rings is 2. The molecule has 0 spiro atoms. The van der Waals surface area contributed by atoms with Crippen molar-refractivity contribution in [2.24, 2.45) is 0 Å². The molecule has 0 amide bonds. The molecule has 1 heterocycles. The molecule has 9 heteroatoms. The van der Waals surface area contributed by atoms with Crippen LogP contribution in [0.15, 0.2) is 73.6 Å². The van der Waals surface area contributed by atoms with Crippen molar-refractivity contribution in [1.82, 2.24) is 0 Å². The highest BCUT2D eigenvalue weighted by molar-refractivity contribution is 7.99. The molecule has 7 nitrogen and oxygen atoms in total. The van der Waals surface area contributed by atoms with E-state index >= 15 is 0 Å². The van der Waals surface area contributed by atoms with Crippen molar-refractivity contribution in [3.8, 4) is 5.75 Å². The van der Waals surface area contributed by atoms with Gasteiger partial charge in [0.2, 0.25) is 0 Å². The summed E-state index contributed by atoms with van der Waals surface area (Å²) < 4.78 is 10.4. The molecule has 0 radical (unpaired) electrons. The zero-order valence-corrected chi connectivity index (χ0v) is 16.0. The number of hydrogen-bond acceptors (Lipinski definition) is 7. The average Bonchev–Trinajstić information content (AvgIpc) is 2.65. The van der Waals surface area contributed by atoms with Crippen molar-refractivity contribution in [2.75, 3.05) is 0 Å². The lowest BCUT2D eigenvalue weighted by Gasteiger charge is -2.10. The van der Waals surface area contributed by atoms with Gasteiger partial charge in [-0.15, -0.1) is 0 Å². The molecule has 3 rings (SSSR count). The van der Waals surface area contributed by atoms with Crippen LogP contribution in [0.3, 0.4) is 0 Å². The van der Waals surface area contributed by atoms with Crippen LogP contribution in [0.2, 0.25) is 5.02 Å². The van der Waals surface area contributed by atoms with E-state index in [1.165, 1.54) is 43.3 Å². The molecule has 1 aromatic heterocycles. The largest absolute Gasteiger partial charge is 0.427 e. The first-order chi connectivity index (χ1) is 13.4. The number of nitro groups is 1. The van der Waals surface area contributed by atoms with Crippen LogP contribution in [0.1, 0.15) is 16.1 Å². The Balaban J connectivity index is 2.02. The minimum atomic E-state index is -0.773. The third-order valence-electron chi connectivity index (χ3n) is 3.57. The second kappa shape index (κ2) is 8.28. The van der Waals surface area contributed by atoms with Crippen molar-refractivity contribution in [3.05, 3.63) is 91.5 Å². The molecule has 142 valence electrons. The maximum Gasteiger partial charge on any atom is 0.353 e. The van der Waals surface area contributed by atoms with Gasteiger partial charge in [-0.25, -0.2) is 9.59 Å². The van der Waals surface area contributed by atoms with Crippen molar-refractivity contribution in [1.29, 1.82) is 0 Å². The smallest absolute Gasteiger partial charge is 0.353 e. The Morgan fingerprint density at radius 1 is 1.18 bits per heavy atom. The highest BCUT2D eigenvalue weighted by Gasteiger charge is 2.22. The predicted molar refractivity (Wildman–Crippen MR) is 103 cm³/mol. The van der Waals surface area contributed by atoms with E-state index in [0.717, 1.165) is 11.8 Å². The zero-order chi connectivity index (χ0) is 20.3. The molecule has 28 heavy (non-hydrogen) atoms. The Kier molecular flexibility index (Phi) is 5.81. The summed E-state index contributed by atoms with van der Waals surface area (Å²) in [5.74, 6) is -0.610. The fraction of sp³-hybridized carbons (Fsp3) is 0.0526. The SMILES string of the molecule is Cc1cc(OC(=O)c2ccccc2Cl)c(Sc2ccccc2[N+](=O)[O-])c(=O)o1. The molecule has 0 unspecified atom stereocenters. The lowest BCUT2D eigenvalue weighted by molar-refractivity contribution is -0.387. The van der Waals surface area contributed by atoms with Crippen molar-refractivity contribution in [2.45, 2.75) is 16.7 Å². The summed E-state index contributed by atoms with van der Waals surface area (Å²) in [6.45, 7) is 1.52. The summed E-state index contributed by atoms with van der Waals surface area (Å²) in [6, 6.07) is 13.6. The van der Waals surface area contributed by atoms with Crippen molar-refractivity contribution < 1.29 is 18.9 Å². The first kappa shape index (κ1) is 19.7. The first-order valence-electron chi connectivity index (χ1n) is 7.89. The lowest BCUT2D eigenvalue weighted by atomic mass is 10.2. The van der Waals surface area contributed by atoms with Gasteiger partial charge in [0.05, 0.1) is 20.4 Å². The van der Waals surface area contributed by atoms with Gasteiger partial charge in [-0.05, 0) is 25.1 Å². The number of hydrogen-bond donors (Lipinski definition) is 0. The highest BCUT2D eigenvalue weighted by Crippen LogP contribution is 2.38. The van der Waals surface area contributed by atoms with Gasteiger partial charge in [-0.3, -0.25) is 10.1 Å². The van der Waals surface area contributed by atoms with E-state index in [9.17, 15) is 19.7 Å². The second-order valence-electron chi connectivity index (χ2n) is 5.53. The normalized spacial score (nSPS) is 10.5. The molecule has 0 fully saturated rings. The maximum atomic E-state index is 12.5. The van der Waals surface area contributed by atoms with E-state index in [2.05, 4.69) is 0 Å². The van der Waals surface area contributed by atoms with Crippen LogP contribution < -0.4 is 10.4 Å². The monoisotopic (exact) mass is 417 g/mol. The summed E-state index contributed by atoms with van der Waals surface area (Å²) >= 11 is 6.80. The van der Waals surface area contributed by atoms with Gasteiger partial charge in [-0.2, -0.15) is 0 Å². The number of para-hydroxylation sites is 1. The number of carbonyl (C=O) groups is 1. The van der Waals surface area contributed by atoms with E-state index in [1.807, 2.05) is 0 Å². The summed E-state index contributed by atoms with van der Waals surface area (Å²) in [7, 11) is 0. The predicted octanol–water partition coefficient (Wildman–Crippen LogP) is 4.88. The van der Waals surface area contributed by atoms with Gasteiger partial charge < -0.3 is 9.15 Å². The Bertz CT molecular complexity index is 1130. The summed E-state index contributed by atoms with van der Waals surface area (Å²) in [6.07, 6.45) is 0. The van der Waals surface area contributed by atoms with Crippen LogP contribution >= 0.6 is 23.4 Å². The minimum absolute atomic E-state index is 0.0678. The van der Waals surface area contributed by atoms with Crippen molar-refractivity contribution >= 4 is 35.0 Å². The molecule has 0 aliphatic carbocycles. The fourth-order valence-electron chi connectivity index (χ4n) is 2.33. The minimum Gasteiger partial charge on any atom is -0.427 e. The van der Waals surface area contributed by atoms with Crippen molar-refractivity contribution in [3.63, 3.8) is 0 Å². The Morgan fingerprint density at radius 2 is 1.86 bits per heavy atom. The molecule has 0 aliphatic heterocycles. The third kappa shape index (κ3) is 4.24. The quantitative estimate of drug-likeness (QED) is 0.331. The van der Waals surface area contributed by atoms with E-state index < -0.39 is 16.5 Å². The number of halogens is 1. The lowest BCUT2D eigenvalue weighted by Crippen LogP contribution is -2.13. The molecule has 0 saturated carbocycles. The number of aryl methyl sites for hydroxylation is 1. The number of nitro benzene ring substituents is 1. The maximum absolute atomic E-state index is 12.5. The van der Waals surface area contributed by atoms with Crippen LogP contribution in [0.4, 0.5) is 5.69 Å². The second-order valence-corrected chi connectivity index (χ2v) is 6.99. The molecule has 0 N–H and O–H groups in total. The van der Waals surface area contributed by atoms with Crippen LogP contribution in [-0.4, -0.2) is 10.9 Å². The summed E-state index contributed by atoms with van der Waals surface area (Å²) in [5, 5.41) is 11.4. The highest BCUT2D eigenvalue weighted by atomic mass is 35.5. The number of ether oxygens (including phenoxy) is 1. The summed E-state index contributed by atoms with van der Waals surface area (Å²) in [5.41, 5.74) is -0.835. The molecule has 0 bridgehead atoms. The third-order valence-corrected chi connectivity index (χ3v) is 5.03. The van der Waals surface area contributed by atoms with E-state index in [4.69, 9.17) is 20.8 Å². The van der Waals surface area contributed by atoms with Gasteiger partial charge in [0, 0.05) is 12.1 Å². The number of nitrogens with zero attached hydrogens (tertiary/aromatic N) is 1. The number of carbonyl (C=O) groups excluding carboxylic acids is 1. The molecule has 0 saturated heterocycles. The van der Waals surface area contributed by atoms with Crippen LogP contribution in [0.5, 0.6) is 5.75 Å². The van der Waals surface area contributed by atoms with Gasteiger partial charge in [0.25, 0.3) is 5.69 Å². The van der Waals surface area contributed by atoms with Gasteiger partial charge >= 0.3 is 11.6 Å². The molecule has 3 aromatic rings. The molecular formula is C19H12ClNO6S. The molecular weight excluding hydrogens is 406 g/mol. The number of esters is 1. The van der Waals surface area contributed by atoms with Crippen LogP contribution in [0.25, 0.3) is 0 Å². The standard InChI is InChI=1S/C19H12ClNO6S/c1-11-10-15(27-18(22)12-6-2-3-7-13(12)20)17(19(23)26-11)28-16-9-5-4-8-14(16)21(24)25/h2-10H,1H3. The molecule has 2 aromatic carbocycles. The Morgan fingerprint density at radius 3 is 2.57 bits per heavy atom. The van der Waals surface area contributed by atoms with Gasteiger partial charge in [0.15, 0.2) is 5.75 Å². The molecule has 0 atom stereocenters.